The fourth-order valence-electron chi connectivity index (χ4n) is 2.08. The lowest BCUT2D eigenvalue weighted by Gasteiger charge is -2.39. The zero-order valence-corrected chi connectivity index (χ0v) is 12.5. The Morgan fingerprint density at radius 2 is 1.82 bits per heavy atom. The lowest BCUT2D eigenvalue weighted by Crippen LogP contribution is -2.59. The van der Waals surface area contributed by atoms with Crippen LogP contribution in [-0.2, 0) is 14.2 Å². The molecular weight excluding hydrogens is 316 g/mol. The van der Waals surface area contributed by atoms with Gasteiger partial charge in [-0.2, -0.15) is 0 Å². The van der Waals surface area contributed by atoms with Crippen LogP contribution >= 0.6 is 11.6 Å². The Labute approximate surface area is 132 Å². The predicted molar refractivity (Wildman–Crippen MR) is 75.4 cm³/mol. The number of hydrogen-bond donors (Lipinski definition) is 3. The van der Waals surface area contributed by atoms with Gasteiger partial charge in [0.2, 0.25) is 0 Å². The van der Waals surface area contributed by atoms with Gasteiger partial charge in [-0.1, -0.05) is 11.6 Å². The van der Waals surface area contributed by atoms with E-state index in [0.717, 1.165) is 0 Å². The van der Waals surface area contributed by atoms with Gasteiger partial charge in [-0.3, -0.25) is 0 Å². The number of carbonyl (C=O) groups is 1. The summed E-state index contributed by atoms with van der Waals surface area (Å²) in [4.78, 5) is 11.9. The van der Waals surface area contributed by atoms with Crippen molar-refractivity contribution in [1.82, 2.24) is 0 Å². The van der Waals surface area contributed by atoms with Gasteiger partial charge in [-0.05, 0) is 24.3 Å². The third kappa shape index (κ3) is 3.75. The molecule has 22 heavy (non-hydrogen) atoms. The molecule has 0 aliphatic carbocycles. The van der Waals surface area contributed by atoms with Crippen LogP contribution in [0.5, 0.6) is 0 Å². The van der Waals surface area contributed by atoms with E-state index in [1.807, 2.05) is 0 Å². The minimum atomic E-state index is -1.46. The van der Waals surface area contributed by atoms with Crippen LogP contribution in [0.2, 0.25) is 5.02 Å². The highest BCUT2D eigenvalue weighted by Crippen LogP contribution is 2.22. The molecule has 0 unspecified atom stereocenters. The number of esters is 1. The van der Waals surface area contributed by atoms with E-state index in [2.05, 4.69) is 0 Å². The van der Waals surface area contributed by atoms with E-state index in [1.165, 1.54) is 19.2 Å². The normalized spacial score (nSPS) is 31.8. The summed E-state index contributed by atoms with van der Waals surface area (Å²) in [6.45, 7) is -0.299. The van der Waals surface area contributed by atoms with Crippen molar-refractivity contribution in [2.75, 3.05) is 13.7 Å². The molecule has 0 bridgehead atoms. The molecule has 0 spiro atoms. The molecule has 8 heteroatoms. The number of benzene rings is 1. The monoisotopic (exact) mass is 332 g/mol. The Hall–Kier alpha value is -1.22. The lowest BCUT2D eigenvalue weighted by molar-refractivity contribution is -0.294. The number of halogens is 1. The van der Waals surface area contributed by atoms with E-state index in [0.29, 0.717) is 10.6 Å². The van der Waals surface area contributed by atoms with E-state index in [1.54, 1.807) is 12.1 Å². The summed E-state index contributed by atoms with van der Waals surface area (Å²) in [6, 6.07) is 6.09. The SMILES string of the molecule is CO[C@H]1O[C@H](COC(=O)c2ccc(Cl)cc2)[C@@H](O)[C@H](O)[C@H]1O. The molecule has 0 radical (unpaired) electrons. The lowest BCUT2D eigenvalue weighted by atomic mass is 9.99. The zero-order valence-electron chi connectivity index (χ0n) is 11.8. The van der Waals surface area contributed by atoms with Crippen LogP contribution in [0.3, 0.4) is 0 Å². The third-order valence-corrected chi connectivity index (χ3v) is 3.61. The Morgan fingerprint density at radius 3 is 2.41 bits per heavy atom. The maximum absolute atomic E-state index is 11.9. The minimum absolute atomic E-state index is 0.290. The third-order valence-electron chi connectivity index (χ3n) is 3.36. The van der Waals surface area contributed by atoms with Crippen LogP contribution in [0, 0.1) is 0 Å². The van der Waals surface area contributed by atoms with Crippen molar-refractivity contribution >= 4 is 17.6 Å². The molecular formula is C14H17ClO7. The van der Waals surface area contributed by atoms with Crippen molar-refractivity contribution in [3.05, 3.63) is 34.9 Å². The Kier molecular flexibility index (Phi) is 5.74. The van der Waals surface area contributed by atoms with Crippen LogP contribution in [0.15, 0.2) is 24.3 Å². The summed E-state index contributed by atoms with van der Waals surface area (Å²) < 4.78 is 15.2. The van der Waals surface area contributed by atoms with E-state index in [-0.39, 0.29) is 6.61 Å². The molecule has 1 aliphatic heterocycles. The molecule has 7 nitrogen and oxygen atoms in total. The van der Waals surface area contributed by atoms with Crippen molar-refractivity contribution < 1.29 is 34.3 Å². The average molecular weight is 333 g/mol. The highest BCUT2D eigenvalue weighted by atomic mass is 35.5. The highest BCUT2D eigenvalue weighted by Gasteiger charge is 2.44. The van der Waals surface area contributed by atoms with Crippen molar-refractivity contribution in [2.45, 2.75) is 30.7 Å². The molecule has 1 aliphatic rings. The van der Waals surface area contributed by atoms with Gasteiger partial charge >= 0.3 is 5.97 Å². The van der Waals surface area contributed by atoms with E-state index >= 15 is 0 Å². The van der Waals surface area contributed by atoms with Crippen LogP contribution in [0.1, 0.15) is 10.4 Å². The van der Waals surface area contributed by atoms with Gasteiger partial charge in [0.15, 0.2) is 6.29 Å². The summed E-state index contributed by atoms with van der Waals surface area (Å²) in [5, 5.41) is 29.7. The van der Waals surface area contributed by atoms with Crippen molar-refractivity contribution in [3.63, 3.8) is 0 Å². The zero-order chi connectivity index (χ0) is 16.3. The second-order valence-electron chi connectivity index (χ2n) is 4.86. The number of hydrogen-bond acceptors (Lipinski definition) is 7. The summed E-state index contributed by atoms with van der Waals surface area (Å²) >= 11 is 5.73. The van der Waals surface area contributed by atoms with Crippen LogP contribution in [-0.4, -0.2) is 65.7 Å². The smallest absolute Gasteiger partial charge is 0.338 e. The first-order chi connectivity index (χ1) is 10.4. The van der Waals surface area contributed by atoms with Crippen molar-refractivity contribution in [2.24, 2.45) is 0 Å². The molecule has 1 heterocycles. The molecule has 3 N–H and O–H groups in total. The van der Waals surface area contributed by atoms with Crippen LogP contribution < -0.4 is 0 Å². The quantitative estimate of drug-likeness (QED) is 0.664. The Bertz CT molecular complexity index is 504. The molecule has 1 aromatic rings. The molecule has 0 saturated carbocycles. The van der Waals surface area contributed by atoms with Gasteiger partial charge in [-0.15, -0.1) is 0 Å². The maximum atomic E-state index is 11.9. The number of ether oxygens (including phenoxy) is 3. The molecule has 1 aromatic carbocycles. The first kappa shape index (κ1) is 17.1. The number of rotatable bonds is 4. The van der Waals surface area contributed by atoms with Crippen LogP contribution in [0.4, 0.5) is 0 Å². The molecule has 0 amide bonds. The van der Waals surface area contributed by atoms with Gasteiger partial charge in [0, 0.05) is 12.1 Å². The second-order valence-corrected chi connectivity index (χ2v) is 5.29. The molecule has 2 rings (SSSR count). The van der Waals surface area contributed by atoms with E-state index in [4.69, 9.17) is 25.8 Å². The standard InChI is InChI=1S/C14H17ClO7/c1-20-14-12(18)11(17)10(16)9(22-14)6-21-13(19)7-2-4-8(15)5-3-7/h2-5,9-12,14,16-18H,6H2,1H3/t9-,10-,11+,12-,14+/m1/s1. The first-order valence-corrected chi connectivity index (χ1v) is 6.97. The van der Waals surface area contributed by atoms with Gasteiger partial charge in [0.25, 0.3) is 0 Å². The molecule has 0 aromatic heterocycles. The first-order valence-electron chi connectivity index (χ1n) is 6.59. The van der Waals surface area contributed by atoms with E-state index < -0.39 is 36.7 Å². The highest BCUT2D eigenvalue weighted by molar-refractivity contribution is 6.30. The average Bonchev–Trinajstić information content (AvgIpc) is 2.52. The van der Waals surface area contributed by atoms with E-state index in [9.17, 15) is 20.1 Å². The maximum Gasteiger partial charge on any atom is 0.338 e. The number of carbonyl (C=O) groups excluding carboxylic acids is 1. The van der Waals surface area contributed by atoms with Gasteiger partial charge < -0.3 is 29.5 Å². The molecule has 122 valence electrons. The molecule has 1 saturated heterocycles. The number of aliphatic hydroxyl groups is 3. The van der Waals surface area contributed by atoms with Crippen LogP contribution in [0.25, 0.3) is 0 Å². The molecule has 5 atom stereocenters. The fraction of sp³-hybridized carbons (Fsp3) is 0.500. The number of aliphatic hydroxyl groups excluding tert-OH is 3. The van der Waals surface area contributed by atoms with Gasteiger partial charge in [0.05, 0.1) is 5.56 Å². The second kappa shape index (κ2) is 7.36. The van der Waals surface area contributed by atoms with Crippen molar-refractivity contribution in [1.29, 1.82) is 0 Å². The minimum Gasteiger partial charge on any atom is -0.459 e. The summed E-state index contributed by atoms with van der Waals surface area (Å²) in [7, 11) is 1.29. The fourth-order valence-corrected chi connectivity index (χ4v) is 2.20. The van der Waals surface area contributed by atoms with Gasteiger partial charge in [0.1, 0.15) is 31.0 Å². The summed E-state index contributed by atoms with van der Waals surface area (Å²) in [5.74, 6) is -0.623. The Balaban J connectivity index is 1.95. The summed E-state index contributed by atoms with van der Waals surface area (Å²) in [6.07, 6.45) is -6.38. The van der Waals surface area contributed by atoms with Gasteiger partial charge in [-0.25, -0.2) is 4.79 Å². The topological polar surface area (TPSA) is 105 Å². The van der Waals surface area contributed by atoms with Crippen molar-refractivity contribution in [3.8, 4) is 0 Å². The predicted octanol–water partition coefficient (Wildman–Crippen LogP) is -0.0492. The molecule has 1 fully saturated rings. The Morgan fingerprint density at radius 1 is 1.18 bits per heavy atom. The number of methoxy groups -OCH3 is 1. The largest absolute Gasteiger partial charge is 0.459 e. The summed E-state index contributed by atoms with van der Waals surface area (Å²) in [5.41, 5.74) is 0.290.